The molecule has 0 aliphatic carbocycles. The molecule has 0 radical (unpaired) electrons. The molecule has 136 valence electrons. The van der Waals surface area contributed by atoms with E-state index in [1.165, 1.54) is 6.26 Å². The maximum absolute atomic E-state index is 11.1. The van der Waals surface area contributed by atoms with Gasteiger partial charge in [0, 0.05) is 52.2 Å². The molecular weight excluding hydrogens is 441 g/mol. The first kappa shape index (κ1) is 20.9. The predicted molar refractivity (Wildman–Crippen MR) is 109 cm³/mol. The summed E-state index contributed by atoms with van der Waals surface area (Å²) in [4.78, 5) is 13.1. The van der Waals surface area contributed by atoms with E-state index in [0.29, 0.717) is 13.0 Å². The monoisotopic (exact) mass is 467 g/mol. The summed E-state index contributed by atoms with van der Waals surface area (Å²) < 4.78 is 22.3. The molecule has 0 unspecified atom stereocenters. The van der Waals surface area contributed by atoms with E-state index in [-0.39, 0.29) is 29.7 Å². The summed E-state index contributed by atoms with van der Waals surface area (Å²) in [5.74, 6) is 2.03. The number of aromatic nitrogens is 1. The van der Waals surface area contributed by atoms with Gasteiger partial charge in [-0.3, -0.25) is 4.99 Å². The lowest BCUT2D eigenvalue weighted by atomic mass is 10.3. The van der Waals surface area contributed by atoms with Crippen molar-refractivity contribution >= 4 is 45.6 Å². The Bertz CT molecular complexity index is 616. The van der Waals surface area contributed by atoms with Crippen LogP contribution in [0.4, 0.5) is 5.82 Å². The van der Waals surface area contributed by atoms with Crippen LogP contribution in [0.2, 0.25) is 0 Å². The summed E-state index contributed by atoms with van der Waals surface area (Å²) in [6, 6.07) is 5.94. The first-order chi connectivity index (χ1) is 11.0. The molecule has 1 aliphatic heterocycles. The van der Waals surface area contributed by atoms with Crippen molar-refractivity contribution < 1.29 is 8.42 Å². The van der Waals surface area contributed by atoms with E-state index in [4.69, 9.17) is 0 Å². The van der Waals surface area contributed by atoms with Gasteiger partial charge in [-0.1, -0.05) is 6.07 Å². The second-order valence-corrected chi connectivity index (χ2v) is 7.88. The SMILES string of the molecule is CN=C(NCCCS(C)(=O)=O)N1CCN(c2ccccn2)CC1.I. The molecule has 1 aliphatic rings. The van der Waals surface area contributed by atoms with Gasteiger partial charge in [0.25, 0.3) is 0 Å². The molecule has 0 atom stereocenters. The van der Waals surface area contributed by atoms with Crippen LogP contribution in [0.1, 0.15) is 6.42 Å². The van der Waals surface area contributed by atoms with Crippen LogP contribution in [0.3, 0.4) is 0 Å². The summed E-state index contributed by atoms with van der Waals surface area (Å²) in [5.41, 5.74) is 0. The number of rotatable bonds is 5. The highest BCUT2D eigenvalue weighted by atomic mass is 127. The molecule has 1 aromatic rings. The van der Waals surface area contributed by atoms with Gasteiger partial charge < -0.3 is 15.1 Å². The minimum absolute atomic E-state index is 0. The summed E-state index contributed by atoms with van der Waals surface area (Å²) in [6.07, 6.45) is 3.66. The van der Waals surface area contributed by atoms with Crippen LogP contribution in [0.5, 0.6) is 0 Å². The third-order valence-corrected chi connectivity index (χ3v) is 4.77. The van der Waals surface area contributed by atoms with Crippen molar-refractivity contribution in [3.05, 3.63) is 24.4 Å². The van der Waals surface area contributed by atoms with E-state index < -0.39 is 9.84 Å². The maximum Gasteiger partial charge on any atom is 0.193 e. The fraction of sp³-hybridized carbons (Fsp3) is 0.600. The number of sulfone groups is 1. The van der Waals surface area contributed by atoms with E-state index >= 15 is 0 Å². The van der Waals surface area contributed by atoms with Crippen LogP contribution >= 0.6 is 24.0 Å². The molecule has 0 saturated carbocycles. The Morgan fingerprint density at radius 1 is 1.29 bits per heavy atom. The Morgan fingerprint density at radius 2 is 2.00 bits per heavy atom. The zero-order valence-electron chi connectivity index (χ0n) is 14.2. The number of hydrogen-bond acceptors (Lipinski definition) is 5. The second kappa shape index (κ2) is 10.0. The fourth-order valence-electron chi connectivity index (χ4n) is 2.55. The molecule has 0 amide bonds. The normalized spacial score (nSPS) is 15.8. The van der Waals surface area contributed by atoms with Crippen molar-refractivity contribution in [1.29, 1.82) is 0 Å². The number of guanidine groups is 1. The minimum Gasteiger partial charge on any atom is -0.356 e. The zero-order valence-corrected chi connectivity index (χ0v) is 17.3. The largest absolute Gasteiger partial charge is 0.356 e. The topological polar surface area (TPSA) is 77.9 Å². The Kier molecular flexibility index (Phi) is 8.74. The predicted octanol–water partition coefficient (Wildman–Crippen LogP) is 0.832. The molecular formula is C15H26IN5O2S. The lowest BCUT2D eigenvalue weighted by Crippen LogP contribution is -2.52. The quantitative estimate of drug-likeness (QED) is 0.299. The Labute approximate surface area is 161 Å². The molecule has 1 saturated heterocycles. The van der Waals surface area contributed by atoms with E-state index in [1.54, 1.807) is 7.05 Å². The Morgan fingerprint density at radius 3 is 2.54 bits per heavy atom. The van der Waals surface area contributed by atoms with Gasteiger partial charge in [0.2, 0.25) is 0 Å². The second-order valence-electron chi connectivity index (χ2n) is 5.62. The average Bonchev–Trinajstić information content (AvgIpc) is 2.55. The van der Waals surface area contributed by atoms with Crippen LogP contribution in [0, 0.1) is 0 Å². The first-order valence-corrected chi connectivity index (χ1v) is 9.85. The third kappa shape index (κ3) is 6.80. The standard InChI is InChI=1S/C15H25N5O2S.HI/c1-16-15(18-8-5-13-23(2,21)22)20-11-9-19(10-12-20)14-6-3-4-7-17-14;/h3-4,6-7H,5,8-13H2,1-2H3,(H,16,18);1H. The fourth-order valence-corrected chi connectivity index (χ4v) is 3.22. The van der Waals surface area contributed by atoms with Gasteiger partial charge in [-0.2, -0.15) is 0 Å². The minimum atomic E-state index is -2.90. The molecule has 0 aromatic carbocycles. The Hall–Kier alpha value is -1.10. The smallest absolute Gasteiger partial charge is 0.193 e. The molecule has 2 rings (SSSR count). The van der Waals surface area contributed by atoms with Crippen molar-refractivity contribution in [2.24, 2.45) is 4.99 Å². The van der Waals surface area contributed by atoms with Gasteiger partial charge >= 0.3 is 0 Å². The Balaban J connectivity index is 0.00000288. The third-order valence-electron chi connectivity index (χ3n) is 3.74. The highest BCUT2D eigenvalue weighted by Gasteiger charge is 2.20. The maximum atomic E-state index is 11.1. The molecule has 9 heteroatoms. The van der Waals surface area contributed by atoms with Gasteiger partial charge in [0.1, 0.15) is 15.7 Å². The summed E-state index contributed by atoms with van der Waals surface area (Å²) in [5, 5.41) is 3.24. The van der Waals surface area contributed by atoms with Gasteiger partial charge in [-0.15, -0.1) is 24.0 Å². The van der Waals surface area contributed by atoms with Gasteiger partial charge in [0.15, 0.2) is 5.96 Å². The van der Waals surface area contributed by atoms with E-state index in [0.717, 1.165) is 38.0 Å². The highest BCUT2D eigenvalue weighted by Crippen LogP contribution is 2.12. The molecule has 0 bridgehead atoms. The van der Waals surface area contributed by atoms with Crippen molar-refractivity contribution in [2.45, 2.75) is 6.42 Å². The molecule has 1 N–H and O–H groups in total. The summed E-state index contributed by atoms with van der Waals surface area (Å²) in [7, 11) is -1.14. The van der Waals surface area contributed by atoms with Gasteiger partial charge in [0.05, 0.1) is 5.75 Å². The number of nitrogens with one attached hydrogen (secondary N) is 1. The van der Waals surface area contributed by atoms with E-state index in [1.807, 2.05) is 24.4 Å². The number of pyridine rings is 1. The van der Waals surface area contributed by atoms with Crippen molar-refractivity contribution in [3.63, 3.8) is 0 Å². The number of nitrogens with zero attached hydrogens (tertiary/aromatic N) is 4. The molecule has 0 spiro atoms. The summed E-state index contributed by atoms with van der Waals surface area (Å²) >= 11 is 0. The van der Waals surface area contributed by atoms with Crippen LogP contribution in [-0.2, 0) is 9.84 Å². The zero-order chi connectivity index (χ0) is 16.7. The van der Waals surface area contributed by atoms with Crippen molar-refractivity contribution in [2.75, 3.05) is 56.7 Å². The summed E-state index contributed by atoms with van der Waals surface area (Å²) in [6.45, 7) is 4.12. The highest BCUT2D eigenvalue weighted by molar-refractivity contribution is 14.0. The van der Waals surface area contributed by atoms with Crippen LogP contribution in [0.25, 0.3) is 0 Å². The average molecular weight is 467 g/mol. The molecule has 7 nitrogen and oxygen atoms in total. The number of halogens is 1. The van der Waals surface area contributed by atoms with Crippen LogP contribution in [-0.4, -0.2) is 76.0 Å². The lowest BCUT2D eigenvalue weighted by Gasteiger charge is -2.37. The van der Waals surface area contributed by atoms with Crippen LogP contribution < -0.4 is 10.2 Å². The number of aliphatic imine (C=N–C) groups is 1. The first-order valence-electron chi connectivity index (χ1n) is 7.79. The van der Waals surface area contributed by atoms with E-state index in [9.17, 15) is 8.42 Å². The number of hydrogen-bond donors (Lipinski definition) is 1. The number of piperazine rings is 1. The van der Waals surface area contributed by atoms with Gasteiger partial charge in [-0.25, -0.2) is 13.4 Å². The van der Waals surface area contributed by atoms with Crippen LogP contribution in [0.15, 0.2) is 29.4 Å². The molecule has 1 aromatic heterocycles. The molecule has 2 heterocycles. The van der Waals surface area contributed by atoms with Gasteiger partial charge in [-0.05, 0) is 18.6 Å². The van der Waals surface area contributed by atoms with Crippen molar-refractivity contribution in [1.82, 2.24) is 15.2 Å². The molecule has 24 heavy (non-hydrogen) atoms. The van der Waals surface area contributed by atoms with Crippen molar-refractivity contribution in [3.8, 4) is 0 Å². The number of anilines is 1. The lowest BCUT2D eigenvalue weighted by molar-refractivity contribution is 0.371. The molecule has 1 fully saturated rings. The van der Waals surface area contributed by atoms with E-state index in [2.05, 4.69) is 25.1 Å².